The summed E-state index contributed by atoms with van der Waals surface area (Å²) in [6.07, 6.45) is 0. The number of methoxy groups -OCH3 is 1. The van der Waals surface area contributed by atoms with Crippen molar-refractivity contribution in [2.45, 2.75) is 6.04 Å². The van der Waals surface area contributed by atoms with Gasteiger partial charge in [-0.2, -0.15) is 0 Å². The van der Waals surface area contributed by atoms with Crippen molar-refractivity contribution in [1.29, 1.82) is 0 Å². The van der Waals surface area contributed by atoms with Gasteiger partial charge in [0.25, 0.3) is 0 Å². The molecule has 2 N–H and O–H groups in total. The van der Waals surface area contributed by atoms with E-state index < -0.39 is 0 Å². The number of ether oxygens (including phenoxy) is 2. The second kappa shape index (κ2) is 6.92. The van der Waals surface area contributed by atoms with Gasteiger partial charge < -0.3 is 15.2 Å². The monoisotopic (exact) mass is 257 g/mol. The van der Waals surface area contributed by atoms with E-state index in [0.29, 0.717) is 13.2 Å². The van der Waals surface area contributed by atoms with E-state index in [1.165, 1.54) is 0 Å². The largest absolute Gasteiger partial charge is 0.491 e. The Labute approximate surface area is 114 Å². The molecule has 0 aliphatic heterocycles. The Morgan fingerprint density at radius 2 is 1.63 bits per heavy atom. The maximum absolute atomic E-state index is 6.31. The van der Waals surface area contributed by atoms with Gasteiger partial charge in [0, 0.05) is 12.7 Å². The zero-order valence-electron chi connectivity index (χ0n) is 11.1. The van der Waals surface area contributed by atoms with Gasteiger partial charge in [-0.05, 0) is 11.6 Å². The first-order chi connectivity index (χ1) is 9.33. The molecule has 0 amide bonds. The van der Waals surface area contributed by atoms with Crippen LogP contribution in [0.1, 0.15) is 17.2 Å². The second-order valence-electron chi connectivity index (χ2n) is 4.27. The average Bonchev–Trinajstić information content (AvgIpc) is 2.48. The molecule has 0 saturated carbocycles. The first-order valence-electron chi connectivity index (χ1n) is 6.34. The van der Waals surface area contributed by atoms with Gasteiger partial charge in [0.2, 0.25) is 0 Å². The van der Waals surface area contributed by atoms with Crippen molar-refractivity contribution < 1.29 is 9.47 Å². The molecule has 3 nitrogen and oxygen atoms in total. The highest BCUT2D eigenvalue weighted by Gasteiger charge is 2.13. The molecule has 19 heavy (non-hydrogen) atoms. The van der Waals surface area contributed by atoms with Crippen LogP contribution >= 0.6 is 0 Å². The normalized spacial score (nSPS) is 12.1. The van der Waals surface area contributed by atoms with Gasteiger partial charge in [-0.3, -0.25) is 0 Å². The zero-order valence-corrected chi connectivity index (χ0v) is 11.1. The summed E-state index contributed by atoms with van der Waals surface area (Å²) in [6.45, 7) is 1.09. The number of para-hydroxylation sites is 1. The molecule has 1 atom stereocenters. The summed E-state index contributed by atoms with van der Waals surface area (Å²) in [5.41, 5.74) is 8.38. The molecule has 0 aliphatic carbocycles. The van der Waals surface area contributed by atoms with Gasteiger partial charge in [0.05, 0.1) is 12.6 Å². The third-order valence-electron chi connectivity index (χ3n) is 2.96. The summed E-state index contributed by atoms with van der Waals surface area (Å²) in [7, 11) is 1.66. The Morgan fingerprint density at radius 1 is 0.947 bits per heavy atom. The van der Waals surface area contributed by atoms with Crippen molar-refractivity contribution >= 4 is 0 Å². The molecule has 0 radical (unpaired) electrons. The molecule has 0 heterocycles. The number of hydrogen-bond acceptors (Lipinski definition) is 3. The smallest absolute Gasteiger partial charge is 0.124 e. The highest BCUT2D eigenvalue weighted by molar-refractivity contribution is 5.41. The lowest BCUT2D eigenvalue weighted by molar-refractivity contribution is 0.145. The van der Waals surface area contributed by atoms with Crippen molar-refractivity contribution in [3.8, 4) is 5.75 Å². The van der Waals surface area contributed by atoms with Crippen LogP contribution in [0.4, 0.5) is 0 Å². The highest BCUT2D eigenvalue weighted by atomic mass is 16.5. The number of benzene rings is 2. The number of nitrogens with two attached hydrogens (primary N) is 1. The molecule has 2 rings (SSSR count). The molecule has 2 aromatic carbocycles. The van der Waals surface area contributed by atoms with Crippen molar-refractivity contribution in [3.63, 3.8) is 0 Å². The minimum absolute atomic E-state index is 0.181. The molecular weight excluding hydrogens is 238 g/mol. The summed E-state index contributed by atoms with van der Waals surface area (Å²) < 4.78 is 10.7. The van der Waals surface area contributed by atoms with E-state index in [4.69, 9.17) is 15.2 Å². The quantitative estimate of drug-likeness (QED) is 0.809. The Bertz CT molecular complexity index is 499. The van der Waals surface area contributed by atoms with Crippen LogP contribution in [0.3, 0.4) is 0 Å². The molecule has 0 spiro atoms. The Morgan fingerprint density at radius 3 is 2.37 bits per heavy atom. The molecular formula is C16H19NO2. The fraction of sp³-hybridized carbons (Fsp3) is 0.250. The van der Waals surface area contributed by atoms with Crippen molar-refractivity contribution in [2.24, 2.45) is 5.73 Å². The predicted octanol–water partition coefficient (Wildman–Crippen LogP) is 2.76. The van der Waals surface area contributed by atoms with E-state index >= 15 is 0 Å². The maximum Gasteiger partial charge on any atom is 0.124 e. The zero-order chi connectivity index (χ0) is 13.5. The predicted molar refractivity (Wildman–Crippen MR) is 76.3 cm³/mol. The summed E-state index contributed by atoms with van der Waals surface area (Å²) in [6, 6.07) is 17.7. The fourth-order valence-corrected chi connectivity index (χ4v) is 1.94. The lowest BCUT2D eigenvalue weighted by Crippen LogP contribution is -2.14. The van der Waals surface area contributed by atoms with Gasteiger partial charge >= 0.3 is 0 Å². The average molecular weight is 257 g/mol. The van der Waals surface area contributed by atoms with Gasteiger partial charge in [-0.1, -0.05) is 48.5 Å². The van der Waals surface area contributed by atoms with Gasteiger partial charge in [0.1, 0.15) is 12.4 Å². The fourth-order valence-electron chi connectivity index (χ4n) is 1.94. The first kappa shape index (κ1) is 13.6. The van der Waals surface area contributed by atoms with Crippen LogP contribution in [0.2, 0.25) is 0 Å². The molecule has 0 aromatic heterocycles. The topological polar surface area (TPSA) is 44.5 Å². The lowest BCUT2D eigenvalue weighted by Gasteiger charge is -2.17. The first-order valence-corrected chi connectivity index (χ1v) is 6.34. The molecule has 0 bridgehead atoms. The molecule has 100 valence electrons. The van der Waals surface area contributed by atoms with Crippen LogP contribution in [-0.2, 0) is 4.74 Å². The van der Waals surface area contributed by atoms with E-state index in [-0.39, 0.29) is 6.04 Å². The minimum atomic E-state index is -0.181. The maximum atomic E-state index is 6.31. The molecule has 0 aliphatic rings. The van der Waals surface area contributed by atoms with E-state index in [2.05, 4.69) is 0 Å². The van der Waals surface area contributed by atoms with Crippen molar-refractivity contribution in [3.05, 3.63) is 65.7 Å². The Hall–Kier alpha value is -1.84. The summed E-state index contributed by atoms with van der Waals surface area (Å²) in [4.78, 5) is 0. The summed E-state index contributed by atoms with van der Waals surface area (Å²) in [5, 5.41) is 0. The van der Waals surface area contributed by atoms with Gasteiger partial charge in [0.15, 0.2) is 0 Å². The second-order valence-corrected chi connectivity index (χ2v) is 4.27. The van der Waals surface area contributed by atoms with Crippen LogP contribution in [-0.4, -0.2) is 20.3 Å². The lowest BCUT2D eigenvalue weighted by atomic mass is 9.99. The van der Waals surface area contributed by atoms with Crippen molar-refractivity contribution in [1.82, 2.24) is 0 Å². The van der Waals surface area contributed by atoms with E-state index in [1.807, 2.05) is 54.6 Å². The Balaban J connectivity index is 2.19. The molecule has 0 fully saturated rings. The molecule has 2 aromatic rings. The molecule has 1 unspecified atom stereocenters. The van der Waals surface area contributed by atoms with Crippen LogP contribution in [0.25, 0.3) is 0 Å². The van der Waals surface area contributed by atoms with E-state index in [1.54, 1.807) is 7.11 Å². The molecule has 0 saturated heterocycles. The SMILES string of the molecule is COCCOc1ccccc1C(N)c1ccccc1. The number of hydrogen-bond donors (Lipinski definition) is 1. The Kier molecular flexibility index (Phi) is 4.95. The van der Waals surface area contributed by atoms with Crippen LogP contribution in [0.15, 0.2) is 54.6 Å². The molecule has 3 heteroatoms. The number of rotatable bonds is 6. The van der Waals surface area contributed by atoms with Crippen LogP contribution in [0, 0.1) is 0 Å². The van der Waals surface area contributed by atoms with Crippen molar-refractivity contribution in [2.75, 3.05) is 20.3 Å². The van der Waals surface area contributed by atoms with Crippen LogP contribution in [0.5, 0.6) is 5.75 Å². The van der Waals surface area contributed by atoms with Gasteiger partial charge in [-0.25, -0.2) is 0 Å². The summed E-state index contributed by atoms with van der Waals surface area (Å²) in [5.74, 6) is 0.816. The summed E-state index contributed by atoms with van der Waals surface area (Å²) >= 11 is 0. The van der Waals surface area contributed by atoms with E-state index in [0.717, 1.165) is 16.9 Å². The van der Waals surface area contributed by atoms with E-state index in [9.17, 15) is 0 Å². The minimum Gasteiger partial charge on any atom is -0.491 e. The highest BCUT2D eigenvalue weighted by Crippen LogP contribution is 2.27. The van der Waals surface area contributed by atoms with Crippen LogP contribution < -0.4 is 10.5 Å². The third kappa shape index (κ3) is 3.56. The standard InChI is InChI=1S/C16H19NO2/c1-18-11-12-19-15-10-6-5-9-14(15)16(17)13-7-3-2-4-8-13/h2-10,16H,11-12,17H2,1H3. The van der Waals surface area contributed by atoms with Gasteiger partial charge in [-0.15, -0.1) is 0 Å². The third-order valence-corrected chi connectivity index (χ3v) is 2.96.